The molecule has 6 nitrogen and oxygen atoms in total. The number of Topliss-reactive ketones (excluding diaryl/α,β-unsaturated/α-hetero) is 1. The van der Waals surface area contributed by atoms with E-state index in [0.29, 0.717) is 6.42 Å². The minimum absolute atomic E-state index is 0.0368. The van der Waals surface area contributed by atoms with Crippen LogP contribution in [0.3, 0.4) is 0 Å². The van der Waals surface area contributed by atoms with Gasteiger partial charge >= 0.3 is 6.09 Å². The number of ketones is 1. The zero-order valence-electron chi connectivity index (χ0n) is 11.8. The lowest BCUT2D eigenvalue weighted by molar-refractivity contribution is -0.126. The maximum absolute atomic E-state index is 12.1. The van der Waals surface area contributed by atoms with Crippen molar-refractivity contribution in [1.82, 2.24) is 4.31 Å². The summed E-state index contributed by atoms with van der Waals surface area (Å²) in [6, 6.07) is -0.584. The van der Waals surface area contributed by atoms with Crippen molar-refractivity contribution in [2.45, 2.75) is 58.6 Å². The first-order chi connectivity index (χ1) is 8.57. The highest BCUT2D eigenvalue weighted by Gasteiger charge is 2.43. The lowest BCUT2D eigenvalue weighted by Gasteiger charge is -2.36. The van der Waals surface area contributed by atoms with Gasteiger partial charge in [0.15, 0.2) is 0 Å². The number of sulfonamides is 1. The molecule has 7 heteroatoms. The topological polar surface area (TPSA) is 80.8 Å². The van der Waals surface area contributed by atoms with E-state index in [2.05, 4.69) is 0 Å². The largest absolute Gasteiger partial charge is 0.443 e. The van der Waals surface area contributed by atoms with E-state index in [1.807, 2.05) is 0 Å². The van der Waals surface area contributed by atoms with E-state index in [4.69, 9.17) is 4.74 Å². The summed E-state index contributed by atoms with van der Waals surface area (Å²) >= 11 is 0. The van der Waals surface area contributed by atoms with Gasteiger partial charge < -0.3 is 4.74 Å². The van der Waals surface area contributed by atoms with Crippen LogP contribution in [0.5, 0.6) is 0 Å². The van der Waals surface area contributed by atoms with Crippen molar-refractivity contribution in [2.24, 2.45) is 0 Å². The smallest absolute Gasteiger partial charge is 0.424 e. The molecule has 110 valence electrons. The van der Waals surface area contributed by atoms with Gasteiger partial charge in [0.25, 0.3) is 0 Å². The predicted molar refractivity (Wildman–Crippen MR) is 70.2 cm³/mol. The third-order valence-electron chi connectivity index (χ3n) is 2.59. The molecule has 0 aromatic heterocycles. The second-order valence-corrected chi connectivity index (χ2v) is 7.66. The van der Waals surface area contributed by atoms with E-state index >= 15 is 0 Å². The molecule has 0 N–H and O–H groups in total. The lowest BCUT2D eigenvalue weighted by atomic mass is 9.92. The van der Waals surface area contributed by atoms with Gasteiger partial charge in [0.2, 0.25) is 10.0 Å². The molecule has 0 atom stereocenters. The number of rotatable bonds is 4. The molecule has 1 amide bonds. The third-order valence-corrected chi connectivity index (χ3v) is 4.56. The van der Waals surface area contributed by atoms with Crippen molar-refractivity contribution in [3.8, 4) is 0 Å². The number of nitrogens with zero attached hydrogens (tertiary/aromatic N) is 1. The first-order valence-corrected chi connectivity index (χ1v) is 7.94. The monoisotopic (exact) mass is 291 g/mol. The molecule has 1 aliphatic rings. The van der Waals surface area contributed by atoms with Gasteiger partial charge in [-0.25, -0.2) is 17.5 Å². The Balaban J connectivity index is 2.93. The summed E-state index contributed by atoms with van der Waals surface area (Å²) in [7, 11) is -3.72. The Morgan fingerprint density at radius 2 is 1.89 bits per heavy atom. The highest BCUT2D eigenvalue weighted by atomic mass is 32.2. The van der Waals surface area contributed by atoms with Crippen molar-refractivity contribution >= 4 is 21.9 Å². The molecule has 0 heterocycles. The van der Waals surface area contributed by atoms with E-state index in [1.54, 1.807) is 27.7 Å². The summed E-state index contributed by atoms with van der Waals surface area (Å²) in [5.74, 6) is -0.165. The van der Waals surface area contributed by atoms with E-state index in [-0.39, 0.29) is 24.4 Å². The molecule has 0 saturated heterocycles. The zero-order chi connectivity index (χ0) is 14.8. The zero-order valence-corrected chi connectivity index (χ0v) is 12.6. The van der Waals surface area contributed by atoms with E-state index in [9.17, 15) is 18.0 Å². The van der Waals surface area contributed by atoms with Crippen LogP contribution in [0, 0.1) is 0 Å². The molecule has 1 aliphatic carbocycles. The summed E-state index contributed by atoms with van der Waals surface area (Å²) in [4.78, 5) is 23.1. The van der Waals surface area contributed by atoms with Crippen molar-refractivity contribution in [3.05, 3.63) is 0 Å². The van der Waals surface area contributed by atoms with Crippen molar-refractivity contribution in [3.63, 3.8) is 0 Å². The number of hydrogen-bond acceptors (Lipinski definition) is 5. The molecule has 1 rings (SSSR count). The summed E-state index contributed by atoms with van der Waals surface area (Å²) in [6.07, 6.45) is -0.314. The maximum atomic E-state index is 12.1. The SMILES string of the molecule is CCCS(=O)(=O)N(C(=O)OC(C)(C)C)C1CC(=O)C1. The summed E-state index contributed by atoms with van der Waals surface area (Å²) in [6.45, 7) is 6.72. The highest BCUT2D eigenvalue weighted by Crippen LogP contribution is 2.26. The minimum atomic E-state index is -3.72. The van der Waals surface area contributed by atoms with Gasteiger partial charge in [0.1, 0.15) is 11.4 Å². The van der Waals surface area contributed by atoms with Crippen LogP contribution in [0.2, 0.25) is 0 Å². The average Bonchev–Trinajstić information content (AvgIpc) is 2.11. The van der Waals surface area contributed by atoms with Gasteiger partial charge in [0, 0.05) is 12.8 Å². The number of carbonyl (C=O) groups excluding carboxylic acids is 2. The number of carbonyl (C=O) groups is 2. The van der Waals surface area contributed by atoms with Gasteiger partial charge in [-0.05, 0) is 27.2 Å². The number of ether oxygens (including phenoxy) is 1. The summed E-state index contributed by atoms with van der Waals surface area (Å²) < 4.78 is 30.1. The number of amides is 1. The van der Waals surface area contributed by atoms with Crippen molar-refractivity contribution < 1.29 is 22.7 Å². The fourth-order valence-corrected chi connectivity index (χ4v) is 3.36. The summed E-state index contributed by atoms with van der Waals surface area (Å²) in [5, 5.41) is 0. The normalized spacial score (nSPS) is 16.9. The van der Waals surface area contributed by atoms with Crippen molar-refractivity contribution in [2.75, 3.05) is 5.75 Å². The highest BCUT2D eigenvalue weighted by molar-refractivity contribution is 7.89. The Bertz CT molecular complexity index is 455. The Kier molecular flexibility index (Phi) is 4.60. The Morgan fingerprint density at radius 3 is 2.26 bits per heavy atom. The molecule has 0 aromatic rings. The molecular formula is C12H21NO5S. The molecule has 0 unspecified atom stereocenters. The van der Waals surface area contributed by atoms with E-state index < -0.39 is 27.8 Å². The molecule has 0 spiro atoms. The Hall–Kier alpha value is -1.11. The third kappa shape index (κ3) is 4.19. The molecule has 1 fully saturated rings. The van der Waals surface area contributed by atoms with Gasteiger partial charge in [0.05, 0.1) is 11.8 Å². The summed E-state index contributed by atoms with van der Waals surface area (Å²) in [5.41, 5.74) is -0.773. The van der Waals surface area contributed by atoms with Gasteiger partial charge in [-0.3, -0.25) is 4.79 Å². The van der Waals surface area contributed by atoms with Crippen LogP contribution in [0.1, 0.15) is 47.0 Å². The van der Waals surface area contributed by atoms with Crippen LogP contribution in [-0.2, 0) is 19.6 Å². The standard InChI is InChI=1S/C12H21NO5S/c1-5-6-19(16,17)13(9-7-10(14)8-9)11(15)18-12(2,3)4/h9H,5-8H2,1-4H3. The minimum Gasteiger partial charge on any atom is -0.443 e. The maximum Gasteiger partial charge on any atom is 0.424 e. The fraction of sp³-hybridized carbons (Fsp3) is 0.833. The van der Waals surface area contributed by atoms with Gasteiger partial charge in [-0.15, -0.1) is 0 Å². The molecule has 1 saturated carbocycles. The van der Waals surface area contributed by atoms with Crippen LogP contribution in [0.25, 0.3) is 0 Å². The van der Waals surface area contributed by atoms with E-state index in [0.717, 1.165) is 4.31 Å². The molecule has 0 aromatic carbocycles. The lowest BCUT2D eigenvalue weighted by Crippen LogP contribution is -2.53. The Labute approximate surface area is 114 Å². The first-order valence-electron chi connectivity index (χ1n) is 6.33. The first kappa shape index (κ1) is 15.9. The van der Waals surface area contributed by atoms with Gasteiger partial charge in [-0.2, -0.15) is 0 Å². The van der Waals surface area contributed by atoms with E-state index in [1.165, 1.54) is 0 Å². The predicted octanol–water partition coefficient (Wildman–Crippen LogP) is 1.69. The van der Waals surface area contributed by atoms with Crippen LogP contribution in [0.15, 0.2) is 0 Å². The molecule has 0 radical (unpaired) electrons. The molecule has 0 aliphatic heterocycles. The molecular weight excluding hydrogens is 270 g/mol. The fourth-order valence-electron chi connectivity index (χ4n) is 1.78. The molecule has 0 bridgehead atoms. The van der Waals surface area contributed by atoms with Gasteiger partial charge in [-0.1, -0.05) is 6.92 Å². The number of hydrogen-bond donors (Lipinski definition) is 0. The average molecular weight is 291 g/mol. The van der Waals surface area contributed by atoms with Crippen molar-refractivity contribution in [1.29, 1.82) is 0 Å². The second-order valence-electron chi connectivity index (χ2n) is 5.69. The molecule has 19 heavy (non-hydrogen) atoms. The van der Waals surface area contributed by atoms with Crippen LogP contribution < -0.4 is 0 Å². The van der Waals surface area contributed by atoms with Crippen LogP contribution in [0.4, 0.5) is 4.79 Å². The second kappa shape index (κ2) is 5.48. The Morgan fingerprint density at radius 1 is 1.37 bits per heavy atom. The quantitative estimate of drug-likeness (QED) is 0.787. The van der Waals surface area contributed by atoms with Crippen LogP contribution in [-0.4, -0.2) is 42.0 Å². The van der Waals surface area contributed by atoms with Crippen LogP contribution >= 0.6 is 0 Å².